The highest BCUT2D eigenvalue weighted by molar-refractivity contribution is 5.97. The maximum atomic E-state index is 8.83. The van der Waals surface area contributed by atoms with Crippen LogP contribution in [0.15, 0.2) is 16.4 Å². The second-order valence-corrected chi connectivity index (χ2v) is 2.92. The van der Waals surface area contributed by atoms with E-state index in [1.165, 1.54) is 5.01 Å². The molecule has 8 N–H and O–H groups in total. The Kier molecular flexibility index (Phi) is 3.28. The number of rotatable bonds is 3. The number of amidine groups is 1. The van der Waals surface area contributed by atoms with Gasteiger partial charge in [-0.05, 0) is 7.05 Å². The number of aliphatic imine (C=N–C) groups is 1. The van der Waals surface area contributed by atoms with Crippen LogP contribution in [0.4, 0.5) is 0 Å². The predicted molar refractivity (Wildman–Crippen MR) is 53.4 cm³/mol. The van der Waals surface area contributed by atoms with Crippen LogP contribution >= 0.6 is 0 Å². The largest absolute Gasteiger partial charge is 0.396 e. The van der Waals surface area contributed by atoms with Crippen molar-refractivity contribution in [1.29, 1.82) is 0 Å². The van der Waals surface area contributed by atoms with Gasteiger partial charge in [-0.1, -0.05) is 0 Å². The average Bonchev–Trinajstić information content (AvgIpc) is 2.18. The Hall–Kier alpha value is -1.31. The lowest BCUT2D eigenvalue weighted by Crippen LogP contribution is -2.52. The molecule has 0 saturated carbocycles. The number of hydrazine groups is 1. The highest BCUT2D eigenvalue weighted by Crippen LogP contribution is 2.15. The number of hydrogen-bond donors (Lipinski definition) is 5. The summed E-state index contributed by atoms with van der Waals surface area (Å²) in [6.45, 7) is -0.0343. The third-order valence-electron chi connectivity index (χ3n) is 2.03. The van der Waals surface area contributed by atoms with E-state index in [0.29, 0.717) is 17.8 Å². The lowest BCUT2D eigenvalue weighted by molar-refractivity contribution is 0.204. The van der Waals surface area contributed by atoms with Crippen molar-refractivity contribution in [2.45, 2.75) is 12.7 Å². The number of aliphatic hydroxyl groups is 1. The summed E-state index contributed by atoms with van der Waals surface area (Å²) in [7, 11) is 1.71. The first-order chi connectivity index (χ1) is 6.61. The Labute approximate surface area is 82.2 Å². The van der Waals surface area contributed by atoms with Crippen molar-refractivity contribution in [3.05, 3.63) is 11.4 Å². The quantitative estimate of drug-likeness (QED) is 0.323. The molecular formula is C7H16N6O. The van der Waals surface area contributed by atoms with Gasteiger partial charge in [-0.15, -0.1) is 0 Å². The number of aliphatic hydroxyl groups excluding tert-OH is 1. The molecule has 0 aromatic carbocycles. The topological polar surface area (TPSA) is 126 Å². The summed E-state index contributed by atoms with van der Waals surface area (Å²) < 4.78 is 0. The SMILES string of the molecule is CNC1N=C(N)C(N)=C(CCO)N1N. The summed E-state index contributed by atoms with van der Waals surface area (Å²) in [4.78, 5) is 4.01. The Bertz CT molecular complexity index is 273. The fourth-order valence-corrected chi connectivity index (χ4v) is 1.27. The van der Waals surface area contributed by atoms with Crippen molar-refractivity contribution >= 4 is 5.84 Å². The maximum Gasteiger partial charge on any atom is 0.191 e. The third kappa shape index (κ3) is 1.79. The normalized spacial score (nSPS) is 22.6. The molecule has 0 bridgehead atoms. The molecular weight excluding hydrogens is 184 g/mol. The molecule has 0 aliphatic carbocycles. The van der Waals surface area contributed by atoms with Gasteiger partial charge in [0.2, 0.25) is 0 Å². The van der Waals surface area contributed by atoms with Crippen molar-refractivity contribution in [3.63, 3.8) is 0 Å². The summed E-state index contributed by atoms with van der Waals surface area (Å²) in [5, 5.41) is 13.0. The molecule has 7 heteroatoms. The molecule has 1 unspecified atom stereocenters. The molecule has 1 aliphatic rings. The molecule has 0 radical (unpaired) electrons. The van der Waals surface area contributed by atoms with Crippen LogP contribution in [-0.2, 0) is 0 Å². The Balaban J connectivity index is 2.96. The van der Waals surface area contributed by atoms with Gasteiger partial charge < -0.3 is 16.6 Å². The van der Waals surface area contributed by atoms with E-state index in [2.05, 4.69) is 10.3 Å². The number of nitrogens with one attached hydrogen (secondary N) is 1. The fraction of sp³-hybridized carbons (Fsp3) is 0.571. The highest BCUT2D eigenvalue weighted by atomic mass is 16.3. The Morgan fingerprint density at radius 3 is 2.71 bits per heavy atom. The second kappa shape index (κ2) is 4.27. The van der Waals surface area contributed by atoms with Crippen LogP contribution in [0, 0.1) is 0 Å². The van der Waals surface area contributed by atoms with Crippen LogP contribution in [0.25, 0.3) is 0 Å². The standard InChI is InChI=1S/C7H16N6O/c1-11-7-12-6(9)5(8)4(2-3-14)13(7)10/h7,11,14H,2-3,8,10H2,1H3,(H2,9,12). The van der Waals surface area contributed by atoms with E-state index in [1.807, 2.05) is 0 Å². The van der Waals surface area contributed by atoms with E-state index in [-0.39, 0.29) is 12.4 Å². The minimum Gasteiger partial charge on any atom is -0.396 e. The van der Waals surface area contributed by atoms with Crippen molar-refractivity contribution < 1.29 is 5.11 Å². The molecule has 0 aromatic heterocycles. The van der Waals surface area contributed by atoms with E-state index in [1.54, 1.807) is 7.05 Å². The van der Waals surface area contributed by atoms with Crippen molar-refractivity contribution in [1.82, 2.24) is 10.3 Å². The molecule has 1 heterocycles. The van der Waals surface area contributed by atoms with Crippen molar-refractivity contribution in [3.8, 4) is 0 Å². The molecule has 0 saturated heterocycles. The van der Waals surface area contributed by atoms with Crippen molar-refractivity contribution in [2.24, 2.45) is 22.3 Å². The molecule has 0 fully saturated rings. The zero-order chi connectivity index (χ0) is 10.7. The second-order valence-electron chi connectivity index (χ2n) is 2.92. The highest BCUT2D eigenvalue weighted by Gasteiger charge is 2.24. The van der Waals surface area contributed by atoms with Gasteiger partial charge in [0.05, 0.1) is 11.4 Å². The maximum absolute atomic E-state index is 8.83. The smallest absolute Gasteiger partial charge is 0.191 e. The van der Waals surface area contributed by atoms with Gasteiger partial charge in [0.1, 0.15) is 5.84 Å². The van der Waals surface area contributed by atoms with Crippen LogP contribution in [0.2, 0.25) is 0 Å². The van der Waals surface area contributed by atoms with Gasteiger partial charge in [0.15, 0.2) is 6.29 Å². The first-order valence-corrected chi connectivity index (χ1v) is 4.26. The van der Waals surface area contributed by atoms with Gasteiger partial charge in [-0.2, -0.15) is 0 Å². The van der Waals surface area contributed by atoms with Crippen molar-refractivity contribution in [2.75, 3.05) is 13.7 Å². The minimum atomic E-state index is -0.427. The lowest BCUT2D eigenvalue weighted by atomic mass is 10.2. The number of hydrogen-bond acceptors (Lipinski definition) is 7. The van der Waals surface area contributed by atoms with Gasteiger partial charge in [0.25, 0.3) is 0 Å². The lowest BCUT2D eigenvalue weighted by Gasteiger charge is -2.32. The van der Waals surface area contributed by atoms with E-state index in [9.17, 15) is 0 Å². The molecule has 1 aliphatic heterocycles. The van der Waals surface area contributed by atoms with Crippen LogP contribution in [0.3, 0.4) is 0 Å². The molecule has 0 aromatic rings. The van der Waals surface area contributed by atoms with Gasteiger partial charge in [-0.3, -0.25) is 10.3 Å². The number of nitrogens with two attached hydrogens (primary N) is 3. The van der Waals surface area contributed by atoms with Gasteiger partial charge in [0, 0.05) is 13.0 Å². The monoisotopic (exact) mass is 200 g/mol. The summed E-state index contributed by atoms with van der Waals surface area (Å²) in [5.74, 6) is 5.98. The average molecular weight is 200 g/mol. The summed E-state index contributed by atoms with van der Waals surface area (Å²) in [6.07, 6.45) is -0.0691. The first-order valence-electron chi connectivity index (χ1n) is 4.26. The summed E-state index contributed by atoms with van der Waals surface area (Å²) >= 11 is 0. The van der Waals surface area contributed by atoms with E-state index in [0.717, 1.165) is 0 Å². The van der Waals surface area contributed by atoms with E-state index in [4.69, 9.17) is 22.4 Å². The van der Waals surface area contributed by atoms with E-state index < -0.39 is 6.29 Å². The summed E-state index contributed by atoms with van der Waals surface area (Å²) in [5.41, 5.74) is 12.2. The van der Waals surface area contributed by atoms with Crippen LogP contribution in [-0.4, -0.2) is 35.9 Å². The van der Waals surface area contributed by atoms with E-state index >= 15 is 0 Å². The molecule has 0 amide bonds. The van der Waals surface area contributed by atoms with Gasteiger partial charge >= 0.3 is 0 Å². The molecule has 7 nitrogen and oxygen atoms in total. The van der Waals surface area contributed by atoms with Gasteiger partial charge in [-0.25, -0.2) is 10.8 Å². The molecule has 0 spiro atoms. The van der Waals surface area contributed by atoms with Crippen LogP contribution in [0.5, 0.6) is 0 Å². The number of nitrogens with zero attached hydrogens (tertiary/aromatic N) is 2. The Morgan fingerprint density at radius 2 is 2.21 bits per heavy atom. The minimum absolute atomic E-state index is 0.0343. The zero-order valence-electron chi connectivity index (χ0n) is 8.07. The molecule has 1 atom stereocenters. The third-order valence-corrected chi connectivity index (χ3v) is 2.03. The first kappa shape index (κ1) is 10.8. The van der Waals surface area contributed by atoms with Crippen LogP contribution < -0.4 is 22.6 Å². The van der Waals surface area contributed by atoms with Crippen LogP contribution in [0.1, 0.15) is 6.42 Å². The zero-order valence-corrected chi connectivity index (χ0v) is 8.07. The summed E-state index contributed by atoms with van der Waals surface area (Å²) in [6, 6.07) is 0. The Morgan fingerprint density at radius 1 is 1.57 bits per heavy atom. The molecule has 14 heavy (non-hydrogen) atoms. The molecule has 1 rings (SSSR count). The fourth-order valence-electron chi connectivity index (χ4n) is 1.27. The molecule has 80 valence electrons. The predicted octanol–water partition coefficient (Wildman–Crippen LogP) is -2.41.